The molecule has 1 heterocycles. The van der Waals surface area contributed by atoms with Gasteiger partial charge in [0.2, 0.25) is 5.91 Å². The lowest BCUT2D eigenvalue weighted by Gasteiger charge is -2.42. The van der Waals surface area contributed by atoms with Crippen LogP contribution in [0.1, 0.15) is 56.1 Å². The zero-order chi connectivity index (χ0) is 19.5. The third-order valence-corrected chi connectivity index (χ3v) is 6.25. The molecule has 1 saturated heterocycles. The minimum absolute atomic E-state index is 0.0319. The van der Waals surface area contributed by atoms with Crippen molar-refractivity contribution in [1.82, 2.24) is 10.2 Å². The molecule has 1 aromatic rings. The summed E-state index contributed by atoms with van der Waals surface area (Å²) in [5.41, 5.74) is -0.917. The number of carbonyl (C=O) groups is 1. The van der Waals surface area contributed by atoms with E-state index in [1.807, 2.05) is 11.9 Å². The molecule has 3 rings (SSSR count). The standard InChI is InChI=1S/C21H29F3N2O/c1-25-15-16-8-12-26(13-9-16)19(27)20(10-3-2-4-11-20)17-6-5-7-18(14-17)21(22,23)24/h5-7,14,16,25H,2-4,8-13,15H2,1H3. The van der Waals surface area contributed by atoms with E-state index >= 15 is 0 Å². The molecule has 1 N–H and O–H groups in total. The Morgan fingerprint density at radius 3 is 2.44 bits per heavy atom. The Morgan fingerprint density at radius 2 is 1.85 bits per heavy atom. The van der Waals surface area contributed by atoms with E-state index in [2.05, 4.69) is 5.32 Å². The molecule has 1 aliphatic carbocycles. The van der Waals surface area contributed by atoms with Crippen LogP contribution in [0.3, 0.4) is 0 Å². The van der Waals surface area contributed by atoms with Crippen molar-refractivity contribution in [3.05, 3.63) is 35.4 Å². The summed E-state index contributed by atoms with van der Waals surface area (Å²) < 4.78 is 39.7. The first kappa shape index (κ1) is 20.2. The van der Waals surface area contributed by atoms with Gasteiger partial charge in [0.1, 0.15) is 0 Å². The Labute approximate surface area is 159 Å². The van der Waals surface area contributed by atoms with Gasteiger partial charge in [0.05, 0.1) is 11.0 Å². The lowest BCUT2D eigenvalue weighted by atomic mass is 9.68. The average molecular weight is 382 g/mol. The highest BCUT2D eigenvalue weighted by Gasteiger charge is 2.45. The molecule has 1 aliphatic heterocycles. The number of halogens is 3. The summed E-state index contributed by atoms with van der Waals surface area (Å²) in [5, 5.41) is 3.19. The van der Waals surface area contributed by atoms with Gasteiger partial charge in [0, 0.05) is 13.1 Å². The number of alkyl halides is 3. The molecule has 2 fully saturated rings. The van der Waals surface area contributed by atoms with Gasteiger partial charge in [-0.25, -0.2) is 0 Å². The van der Waals surface area contributed by atoms with Gasteiger partial charge < -0.3 is 10.2 Å². The van der Waals surface area contributed by atoms with Crippen LogP contribution in [0.4, 0.5) is 13.2 Å². The molecule has 0 bridgehead atoms. The van der Waals surface area contributed by atoms with Gasteiger partial charge in [-0.05, 0) is 56.8 Å². The van der Waals surface area contributed by atoms with E-state index in [-0.39, 0.29) is 5.91 Å². The molecule has 27 heavy (non-hydrogen) atoms. The summed E-state index contributed by atoms with van der Waals surface area (Å²) in [5.74, 6) is 0.597. The van der Waals surface area contributed by atoms with Gasteiger partial charge in [0.15, 0.2) is 0 Å². The number of carbonyl (C=O) groups excluding carboxylic acids is 1. The number of benzene rings is 1. The molecular formula is C21H29F3N2O. The summed E-state index contributed by atoms with van der Waals surface area (Å²) in [6, 6.07) is 5.46. The van der Waals surface area contributed by atoms with Crippen molar-refractivity contribution in [2.24, 2.45) is 5.92 Å². The van der Waals surface area contributed by atoms with E-state index in [0.29, 0.717) is 37.4 Å². The Bertz CT molecular complexity index is 645. The second kappa shape index (κ2) is 8.21. The highest BCUT2D eigenvalue weighted by atomic mass is 19.4. The Hall–Kier alpha value is -1.56. The first-order chi connectivity index (χ1) is 12.9. The fourth-order valence-corrected chi connectivity index (χ4v) is 4.71. The van der Waals surface area contributed by atoms with Crippen LogP contribution < -0.4 is 5.32 Å². The largest absolute Gasteiger partial charge is 0.416 e. The van der Waals surface area contributed by atoms with Crippen molar-refractivity contribution < 1.29 is 18.0 Å². The molecule has 0 spiro atoms. The summed E-state index contributed by atoms with van der Waals surface area (Å²) in [7, 11) is 1.93. The molecule has 6 heteroatoms. The van der Waals surface area contributed by atoms with Gasteiger partial charge in [-0.3, -0.25) is 4.79 Å². The van der Waals surface area contributed by atoms with Crippen molar-refractivity contribution in [3.8, 4) is 0 Å². The lowest BCUT2D eigenvalue weighted by Crippen LogP contribution is -2.51. The molecule has 0 aromatic heterocycles. The Morgan fingerprint density at radius 1 is 1.19 bits per heavy atom. The van der Waals surface area contributed by atoms with E-state index in [1.54, 1.807) is 6.07 Å². The maximum Gasteiger partial charge on any atom is 0.416 e. The number of amides is 1. The molecule has 1 saturated carbocycles. The predicted octanol–water partition coefficient (Wildman–Crippen LogP) is 4.37. The minimum atomic E-state index is -4.39. The second-order valence-electron chi connectivity index (χ2n) is 8.01. The van der Waals surface area contributed by atoms with E-state index < -0.39 is 17.2 Å². The van der Waals surface area contributed by atoms with Crippen molar-refractivity contribution >= 4 is 5.91 Å². The summed E-state index contributed by atoms with van der Waals surface area (Å²) >= 11 is 0. The Balaban J connectivity index is 1.86. The average Bonchev–Trinajstić information content (AvgIpc) is 2.68. The molecule has 1 aromatic carbocycles. The number of hydrogen-bond acceptors (Lipinski definition) is 2. The Kier molecular flexibility index (Phi) is 6.14. The maximum absolute atomic E-state index is 13.5. The smallest absolute Gasteiger partial charge is 0.342 e. The second-order valence-corrected chi connectivity index (χ2v) is 8.01. The highest BCUT2D eigenvalue weighted by molar-refractivity contribution is 5.88. The van der Waals surface area contributed by atoms with Crippen LogP contribution in [-0.4, -0.2) is 37.5 Å². The summed E-state index contributed by atoms with van der Waals surface area (Å²) in [6.45, 7) is 2.35. The minimum Gasteiger partial charge on any atom is -0.342 e. The van der Waals surface area contributed by atoms with Gasteiger partial charge >= 0.3 is 6.18 Å². The van der Waals surface area contributed by atoms with Crippen LogP contribution >= 0.6 is 0 Å². The fourth-order valence-electron chi connectivity index (χ4n) is 4.71. The van der Waals surface area contributed by atoms with E-state index in [4.69, 9.17) is 0 Å². The van der Waals surface area contributed by atoms with E-state index in [1.165, 1.54) is 12.1 Å². The molecule has 0 atom stereocenters. The van der Waals surface area contributed by atoms with Gasteiger partial charge in [0.25, 0.3) is 0 Å². The van der Waals surface area contributed by atoms with Gasteiger partial charge in [-0.15, -0.1) is 0 Å². The maximum atomic E-state index is 13.5. The van der Waals surface area contributed by atoms with Gasteiger partial charge in [-0.1, -0.05) is 37.5 Å². The van der Waals surface area contributed by atoms with Crippen LogP contribution in [0.25, 0.3) is 0 Å². The van der Waals surface area contributed by atoms with Crippen molar-refractivity contribution in [1.29, 1.82) is 0 Å². The zero-order valence-electron chi connectivity index (χ0n) is 15.9. The molecule has 0 radical (unpaired) electrons. The molecule has 0 unspecified atom stereocenters. The van der Waals surface area contributed by atoms with E-state index in [9.17, 15) is 18.0 Å². The topological polar surface area (TPSA) is 32.3 Å². The van der Waals surface area contributed by atoms with Gasteiger partial charge in [-0.2, -0.15) is 13.2 Å². The van der Waals surface area contributed by atoms with Crippen LogP contribution in [-0.2, 0) is 16.4 Å². The van der Waals surface area contributed by atoms with Crippen LogP contribution in [0.5, 0.6) is 0 Å². The SMILES string of the molecule is CNCC1CCN(C(=O)C2(c3cccc(C(F)(F)F)c3)CCCCC2)CC1. The normalized spacial score (nSPS) is 21.3. The first-order valence-corrected chi connectivity index (χ1v) is 9.98. The van der Waals surface area contributed by atoms with Crippen LogP contribution in [0.2, 0.25) is 0 Å². The predicted molar refractivity (Wildman–Crippen MR) is 99.4 cm³/mol. The highest BCUT2D eigenvalue weighted by Crippen LogP contribution is 2.43. The molecule has 3 nitrogen and oxygen atoms in total. The van der Waals surface area contributed by atoms with Crippen molar-refractivity contribution in [2.45, 2.75) is 56.5 Å². The van der Waals surface area contributed by atoms with Crippen LogP contribution in [0.15, 0.2) is 24.3 Å². The third kappa shape index (κ3) is 4.31. The monoisotopic (exact) mass is 382 g/mol. The molecule has 1 amide bonds. The lowest BCUT2D eigenvalue weighted by molar-refractivity contribution is -0.141. The number of likely N-dealkylation sites (tertiary alicyclic amines) is 1. The fraction of sp³-hybridized carbons (Fsp3) is 0.667. The molecular weight excluding hydrogens is 353 g/mol. The first-order valence-electron chi connectivity index (χ1n) is 9.98. The quantitative estimate of drug-likeness (QED) is 0.839. The van der Waals surface area contributed by atoms with Crippen molar-refractivity contribution in [3.63, 3.8) is 0 Å². The number of rotatable bonds is 4. The number of nitrogens with zero attached hydrogens (tertiary/aromatic N) is 1. The van der Waals surface area contributed by atoms with Crippen molar-refractivity contribution in [2.75, 3.05) is 26.7 Å². The number of piperidine rings is 1. The van der Waals surface area contributed by atoms with Crippen LogP contribution in [0, 0.1) is 5.92 Å². The molecule has 150 valence electrons. The zero-order valence-corrected chi connectivity index (χ0v) is 15.9. The third-order valence-electron chi connectivity index (χ3n) is 6.25. The summed E-state index contributed by atoms with van der Waals surface area (Å²) in [4.78, 5) is 15.4. The van der Waals surface area contributed by atoms with E-state index in [0.717, 1.165) is 44.7 Å². The summed E-state index contributed by atoms with van der Waals surface area (Å²) in [6.07, 6.45) is 1.61. The molecule has 2 aliphatic rings. The number of nitrogens with one attached hydrogen (secondary N) is 1. The number of hydrogen-bond donors (Lipinski definition) is 1.